The molecule has 28 heavy (non-hydrogen) atoms. The number of hydrogen-bond donors (Lipinski definition) is 2. The summed E-state index contributed by atoms with van der Waals surface area (Å²) in [6.07, 6.45) is 0. The first-order valence-corrected chi connectivity index (χ1v) is 8.79. The van der Waals surface area contributed by atoms with Gasteiger partial charge in [-0.15, -0.1) is 0 Å². The maximum Gasteiger partial charge on any atom is 0.269 e. The first-order valence-electron chi connectivity index (χ1n) is 8.79. The molecule has 0 fully saturated rings. The summed E-state index contributed by atoms with van der Waals surface area (Å²) in [6.45, 7) is 0.797. The van der Waals surface area contributed by atoms with Crippen molar-refractivity contribution in [3.8, 4) is 11.5 Å². The van der Waals surface area contributed by atoms with E-state index in [2.05, 4.69) is 10.9 Å². The highest BCUT2D eigenvalue weighted by Crippen LogP contribution is 2.13. The molecule has 0 bridgehead atoms. The van der Waals surface area contributed by atoms with Gasteiger partial charge in [-0.2, -0.15) is 0 Å². The van der Waals surface area contributed by atoms with E-state index in [0.717, 1.165) is 5.75 Å². The third-order valence-corrected chi connectivity index (χ3v) is 3.81. The van der Waals surface area contributed by atoms with Crippen molar-refractivity contribution in [1.82, 2.24) is 10.9 Å². The Morgan fingerprint density at radius 3 is 1.54 bits per heavy atom. The van der Waals surface area contributed by atoms with Crippen molar-refractivity contribution >= 4 is 11.8 Å². The largest absolute Gasteiger partial charge is 0.490 e. The van der Waals surface area contributed by atoms with Gasteiger partial charge in [0.25, 0.3) is 11.8 Å². The Labute approximate surface area is 163 Å². The van der Waals surface area contributed by atoms with Gasteiger partial charge in [-0.1, -0.05) is 36.4 Å². The molecule has 0 aliphatic carbocycles. The second-order valence-electron chi connectivity index (χ2n) is 5.81. The first-order chi connectivity index (χ1) is 13.7. The van der Waals surface area contributed by atoms with Crippen molar-refractivity contribution in [2.75, 3.05) is 13.2 Å². The smallest absolute Gasteiger partial charge is 0.269 e. The van der Waals surface area contributed by atoms with Crippen LogP contribution in [-0.2, 0) is 0 Å². The molecule has 2 amide bonds. The summed E-state index contributed by atoms with van der Waals surface area (Å²) in [7, 11) is 0. The summed E-state index contributed by atoms with van der Waals surface area (Å²) in [5.41, 5.74) is 5.64. The number of amides is 2. The molecule has 0 heterocycles. The van der Waals surface area contributed by atoms with Crippen LogP contribution in [0.25, 0.3) is 0 Å². The fraction of sp³-hybridized carbons (Fsp3) is 0.0909. The highest BCUT2D eigenvalue weighted by molar-refractivity contribution is 5.99. The Morgan fingerprint density at radius 1 is 0.571 bits per heavy atom. The molecule has 6 heteroatoms. The van der Waals surface area contributed by atoms with E-state index in [1.54, 1.807) is 48.5 Å². The Kier molecular flexibility index (Phi) is 6.62. The summed E-state index contributed by atoms with van der Waals surface area (Å²) >= 11 is 0. The van der Waals surface area contributed by atoms with Gasteiger partial charge in [0.05, 0.1) is 0 Å². The molecular formula is C22H20N2O4. The monoisotopic (exact) mass is 376 g/mol. The number of rotatable bonds is 7. The van der Waals surface area contributed by atoms with Gasteiger partial charge in [-0.05, 0) is 48.5 Å². The topological polar surface area (TPSA) is 76.7 Å². The number of carbonyl (C=O) groups excluding carboxylic acids is 2. The van der Waals surface area contributed by atoms with E-state index >= 15 is 0 Å². The number of hydrazine groups is 1. The predicted octanol–water partition coefficient (Wildman–Crippen LogP) is 3.22. The molecule has 0 unspecified atom stereocenters. The molecule has 3 aromatic carbocycles. The molecule has 0 aliphatic heterocycles. The molecule has 0 spiro atoms. The van der Waals surface area contributed by atoms with E-state index in [1.807, 2.05) is 36.4 Å². The summed E-state index contributed by atoms with van der Waals surface area (Å²) in [4.78, 5) is 24.0. The first kappa shape index (κ1) is 19.0. The van der Waals surface area contributed by atoms with Crippen LogP contribution in [-0.4, -0.2) is 25.0 Å². The second kappa shape index (κ2) is 9.78. The SMILES string of the molecule is O=C(NNC(=O)c1ccc(OCCOc2ccccc2)cc1)c1ccccc1. The van der Waals surface area contributed by atoms with Crippen molar-refractivity contribution in [2.45, 2.75) is 0 Å². The van der Waals surface area contributed by atoms with Crippen molar-refractivity contribution in [3.63, 3.8) is 0 Å². The maximum atomic E-state index is 12.1. The molecule has 0 saturated heterocycles. The highest BCUT2D eigenvalue weighted by atomic mass is 16.5. The molecule has 0 atom stereocenters. The van der Waals surface area contributed by atoms with Crippen molar-refractivity contribution in [2.24, 2.45) is 0 Å². The molecule has 142 valence electrons. The molecule has 3 rings (SSSR count). The fourth-order valence-electron chi connectivity index (χ4n) is 2.39. The number of para-hydroxylation sites is 1. The zero-order valence-corrected chi connectivity index (χ0v) is 15.1. The summed E-state index contributed by atoms with van der Waals surface area (Å²) in [6, 6.07) is 24.8. The number of hydrogen-bond acceptors (Lipinski definition) is 4. The zero-order chi connectivity index (χ0) is 19.6. The maximum absolute atomic E-state index is 12.1. The number of nitrogens with one attached hydrogen (secondary N) is 2. The number of ether oxygens (including phenoxy) is 2. The van der Waals surface area contributed by atoms with E-state index in [0.29, 0.717) is 30.1 Å². The van der Waals surface area contributed by atoms with Crippen LogP contribution in [0.5, 0.6) is 11.5 Å². The second-order valence-corrected chi connectivity index (χ2v) is 5.81. The van der Waals surface area contributed by atoms with Crippen molar-refractivity contribution in [1.29, 1.82) is 0 Å². The molecule has 6 nitrogen and oxygen atoms in total. The quantitative estimate of drug-likeness (QED) is 0.490. The van der Waals surface area contributed by atoms with Crippen LogP contribution in [0.15, 0.2) is 84.9 Å². The van der Waals surface area contributed by atoms with E-state index < -0.39 is 5.91 Å². The van der Waals surface area contributed by atoms with Gasteiger partial charge in [0.15, 0.2) is 0 Å². The third-order valence-electron chi connectivity index (χ3n) is 3.81. The predicted molar refractivity (Wildman–Crippen MR) is 105 cm³/mol. The molecule has 0 aromatic heterocycles. The Hall–Kier alpha value is -3.80. The minimum atomic E-state index is -0.414. The van der Waals surface area contributed by atoms with E-state index in [1.165, 1.54) is 0 Å². The van der Waals surface area contributed by atoms with Gasteiger partial charge in [0, 0.05) is 11.1 Å². The van der Waals surface area contributed by atoms with Gasteiger partial charge in [0.2, 0.25) is 0 Å². The number of benzene rings is 3. The zero-order valence-electron chi connectivity index (χ0n) is 15.1. The van der Waals surface area contributed by atoms with Gasteiger partial charge < -0.3 is 9.47 Å². The van der Waals surface area contributed by atoms with Crippen LogP contribution in [0.3, 0.4) is 0 Å². The lowest BCUT2D eigenvalue weighted by molar-refractivity contribution is 0.0846. The van der Waals surface area contributed by atoms with Crippen LogP contribution in [0.2, 0.25) is 0 Å². The third kappa shape index (κ3) is 5.60. The fourth-order valence-corrected chi connectivity index (χ4v) is 2.39. The van der Waals surface area contributed by atoms with Gasteiger partial charge >= 0.3 is 0 Å². The van der Waals surface area contributed by atoms with Gasteiger partial charge in [-0.3, -0.25) is 20.4 Å². The molecule has 2 N–H and O–H groups in total. The molecule has 3 aromatic rings. The van der Waals surface area contributed by atoms with Gasteiger partial charge in [-0.25, -0.2) is 0 Å². The van der Waals surface area contributed by atoms with Crippen LogP contribution >= 0.6 is 0 Å². The van der Waals surface area contributed by atoms with Gasteiger partial charge in [0.1, 0.15) is 24.7 Å². The minimum Gasteiger partial charge on any atom is -0.490 e. The standard InChI is InChI=1S/C22H20N2O4/c25-21(17-7-3-1-4-8-17)23-24-22(26)18-11-13-20(14-12-18)28-16-15-27-19-9-5-2-6-10-19/h1-14H,15-16H2,(H,23,25)(H,24,26). The van der Waals surface area contributed by atoms with Crippen LogP contribution in [0, 0.1) is 0 Å². The molecular weight excluding hydrogens is 356 g/mol. The Morgan fingerprint density at radius 2 is 1.00 bits per heavy atom. The lowest BCUT2D eigenvalue weighted by atomic mass is 10.2. The van der Waals surface area contributed by atoms with Crippen LogP contribution < -0.4 is 20.3 Å². The normalized spacial score (nSPS) is 10.0. The summed E-state index contributed by atoms with van der Waals surface area (Å²) in [5.74, 6) is 0.618. The van der Waals surface area contributed by atoms with E-state index in [4.69, 9.17) is 9.47 Å². The lowest BCUT2D eigenvalue weighted by Crippen LogP contribution is -2.41. The van der Waals surface area contributed by atoms with E-state index in [9.17, 15) is 9.59 Å². The summed E-state index contributed by atoms with van der Waals surface area (Å²) in [5, 5.41) is 0. The lowest BCUT2D eigenvalue weighted by Gasteiger charge is -2.10. The Balaban J connectivity index is 1.42. The highest BCUT2D eigenvalue weighted by Gasteiger charge is 2.09. The minimum absolute atomic E-state index is 0.382. The molecule has 0 aliphatic rings. The molecule has 0 radical (unpaired) electrons. The van der Waals surface area contributed by atoms with Crippen molar-refractivity contribution in [3.05, 3.63) is 96.1 Å². The average molecular weight is 376 g/mol. The number of carbonyl (C=O) groups is 2. The van der Waals surface area contributed by atoms with E-state index in [-0.39, 0.29) is 5.91 Å². The molecule has 0 saturated carbocycles. The average Bonchev–Trinajstić information content (AvgIpc) is 2.76. The van der Waals surface area contributed by atoms with Crippen LogP contribution in [0.4, 0.5) is 0 Å². The summed E-state index contributed by atoms with van der Waals surface area (Å²) < 4.78 is 11.1. The Bertz CT molecular complexity index is 897. The van der Waals surface area contributed by atoms with Crippen LogP contribution in [0.1, 0.15) is 20.7 Å². The van der Waals surface area contributed by atoms with Crippen molar-refractivity contribution < 1.29 is 19.1 Å².